The molecule has 0 unspecified atom stereocenters. The second kappa shape index (κ2) is 6.70. The van der Waals surface area contributed by atoms with E-state index in [1.807, 2.05) is 0 Å². The molecule has 0 saturated heterocycles. The summed E-state index contributed by atoms with van der Waals surface area (Å²) < 4.78 is 0.507. The molecule has 8 heteroatoms. The number of carbonyl (C=O) groups is 1. The van der Waals surface area contributed by atoms with Gasteiger partial charge in [0.15, 0.2) is 0 Å². The summed E-state index contributed by atoms with van der Waals surface area (Å²) in [6.45, 7) is 3.58. The first-order valence-electron chi connectivity index (χ1n) is 5.06. The summed E-state index contributed by atoms with van der Waals surface area (Å²) in [4.78, 5) is 18.3. The number of hydrogen-bond acceptors (Lipinski definition) is 5. The fraction of sp³-hybridized carbons (Fsp3) is 0.182. The summed E-state index contributed by atoms with van der Waals surface area (Å²) >= 11 is 12.2. The predicted octanol–water partition coefficient (Wildman–Crippen LogP) is 3.43. The van der Waals surface area contributed by atoms with Crippen LogP contribution in [0.3, 0.4) is 0 Å². The normalized spacial score (nSPS) is 9.68. The van der Waals surface area contributed by atoms with Crippen molar-refractivity contribution < 1.29 is 9.90 Å². The fourth-order valence-electron chi connectivity index (χ4n) is 1.15. The predicted molar refractivity (Wildman–Crippen MR) is 77.2 cm³/mol. The zero-order chi connectivity index (χ0) is 14.6. The van der Waals surface area contributed by atoms with Crippen molar-refractivity contribution in [3.63, 3.8) is 0 Å². The van der Waals surface area contributed by atoms with Crippen molar-refractivity contribution in [1.82, 2.24) is 9.97 Å². The van der Waals surface area contributed by atoms with Crippen LogP contribution in [0.2, 0.25) is 9.36 Å². The highest BCUT2D eigenvalue weighted by Crippen LogP contribution is 2.20. The van der Waals surface area contributed by atoms with Crippen molar-refractivity contribution in [1.29, 1.82) is 0 Å². The lowest BCUT2D eigenvalue weighted by Crippen LogP contribution is -1.98. The Balaban J connectivity index is 0.000000191. The van der Waals surface area contributed by atoms with Crippen LogP contribution in [-0.2, 0) is 0 Å². The highest BCUT2D eigenvalue weighted by atomic mass is 35.5. The molecule has 0 aliphatic carbocycles. The maximum Gasteiger partial charge on any atom is 0.345 e. The van der Waals surface area contributed by atoms with Gasteiger partial charge in [0.2, 0.25) is 0 Å². The minimum atomic E-state index is -0.924. The summed E-state index contributed by atoms with van der Waals surface area (Å²) in [5.74, 6) is 0.0815. The van der Waals surface area contributed by atoms with Gasteiger partial charge in [-0.15, -0.1) is 11.3 Å². The van der Waals surface area contributed by atoms with Crippen LogP contribution < -0.4 is 5.73 Å². The Morgan fingerprint density at radius 3 is 2.32 bits per heavy atom. The molecule has 0 spiro atoms. The van der Waals surface area contributed by atoms with Crippen molar-refractivity contribution >= 4 is 46.3 Å². The number of nitrogens with two attached hydrogens (primary N) is 1. The van der Waals surface area contributed by atoms with Gasteiger partial charge in [0.25, 0.3) is 0 Å². The number of nitrogen functional groups attached to an aromatic ring is 1. The maximum atomic E-state index is 10.2. The van der Waals surface area contributed by atoms with E-state index in [0.29, 0.717) is 21.0 Å². The molecule has 0 amide bonds. The fourth-order valence-corrected chi connectivity index (χ4v) is 2.12. The molecular formula is C11H11Cl2N3O2S. The number of carboxylic acids is 1. The van der Waals surface area contributed by atoms with Crippen LogP contribution in [0, 0.1) is 13.8 Å². The van der Waals surface area contributed by atoms with Crippen molar-refractivity contribution in [2.75, 3.05) is 5.73 Å². The molecule has 3 N–H and O–H groups in total. The summed E-state index contributed by atoms with van der Waals surface area (Å²) in [7, 11) is 0. The molecule has 2 aromatic rings. The average molecular weight is 320 g/mol. The van der Waals surface area contributed by atoms with Crippen LogP contribution in [-0.4, -0.2) is 21.0 Å². The number of carboxylic acid groups (broad SMARTS) is 1. The van der Waals surface area contributed by atoms with Crippen LogP contribution >= 0.6 is 34.5 Å². The Bertz CT molecular complexity index is 578. The SMILES string of the molecule is Cc1nc(C)c(Cl)c(N)n1.O=C(O)c1ccc(Cl)s1. The van der Waals surface area contributed by atoms with Crippen LogP contribution in [0.15, 0.2) is 12.1 Å². The first-order valence-corrected chi connectivity index (χ1v) is 6.63. The highest BCUT2D eigenvalue weighted by Gasteiger charge is 2.04. The highest BCUT2D eigenvalue weighted by molar-refractivity contribution is 7.17. The number of aromatic carboxylic acids is 1. The van der Waals surface area contributed by atoms with E-state index in [9.17, 15) is 4.79 Å². The molecule has 0 bridgehead atoms. The van der Waals surface area contributed by atoms with Crippen LogP contribution in [0.4, 0.5) is 5.82 Å². The molecule has 0 aliphatic heterocycles. The maximum absolute atomic E-state index is 10.2. The van der Waals surface area contributed by atoms with Gasteiger partial charge in [-0.2, -0.15) is 0 Å². The average Bonchev–Trinajstić information content (AvgIpc) is 2.73. The molecular weight excluding hydrogens is 309 g/mol. The lowest BCUT2D eigenvalue weighted by Gasteiger charge is -2.00. The second-order valence-corrected chi connectivity index (χ2v) is 5.56. The van der Waals surface area contributed by atoms with E-state index in [-0.39, 0.29) is 4.88 Å². The van der Waals surface area contributed by atoms with Gasteiger partial charge < -0.3 is 10.8 Å². The number of halogens is 2. The number of aryl methyl sites for hydroxylation is 2. The molecule has 0 aliphatic rings. The molecule has 2 rings (SSSR count). The number of anilines is 1. The summed E-state index contributed by atoms with van der Waals surface area (Å²) in [5, 5.41) is 8.80. The third-order valence-corrected chi connectivity index (χ3v) is 3.62. The largest absolute Gasteiger partial charge is 0.477 e. The summed E-state index contributed by atoms with van der Waals surface area (Å²) in [6, 6.07) is 3.05. The van der Waals surface area contributed by atoms with E-state index in [1.165, 1.54) is 6.07 Å². The van der Waals surface area contributed by atoms with Gasteiger partial charge in [-0.1, -0.05) is 23.2 Å². The molecule has 2 heterocycles. The molecule has 0 aromatic carbocycles. The number of aromatic nitrogens is 2. The smallest absolute Gasteiger partial charge is 0.345 e. The first kappa shape index (κ1) is 15.7. The zero-order valence-electron chi connectivity index (χ0n) is 10.1. The van der Waals surface area contributed by atoms with Gasteiger partial charge >= 0.3 is 5.97 Å². The van der Waals surface area contributed by atoms with Gasteiger partial charge in [0.1, 0.15) is 21.5 Å². The van der Waals surface area contributed by atoms with E-state index in [1.54, 1.807) is 19.9 Å². The standard InChI is InChI=1S/C6H8ClN3.C5H3ClO2S/c1-3-5(7)6(8)10-4(2)9-3;6-4-2-1-3(9-4)5(7)8/h1-2H3,(H2,8,9,10);1-2H,(H,7,8). The third kappa shape index (κ3) is 4.66. The van der Waals surface area contributed by atoms with Crippen LogP contribution in [0.5, 0.6) is 0 Å². The van der Waals surface area contributed by atoms with E-state index in [2.05, 4.69) is 9.97 Å². The topological polar surface area (TPSA) is 89.1 Å². The van der Waals surface area contributed by atoms with Gasteiger partial charge in [-0.3, -0.25) is 0 Å². The van der Waals surface area contributed by atoms with Gasteiger partial charge in [0.05, 0.1) is 10.0 Å². The summed E-state index contributed by atoms with van der Waals surface area (Å²) in [6.07, 6.45) is 0. The third-order valence-electron chi connectivity index (χ3n) is 1.94. The van der Waals surface area contributed by atoms with E-state index >= 15 is 0 Å². The molecule has 0 radical (unpaired) electrons. The van der Waals surface area contributed by atoms with Crippen molar-refractivity contribution in [2.24, 2.45) is 0 Å². The molecule has 2 aromatic heterocycles. The minimum absolute atomic E-state index is 0.278. The van der Waals surface area contributed by atoms with Gasteiger partial charge in [-0.25, -0.2) is 14.8 Å². The Hall–Kier alpha value is -1.37. The van der Waals surface area contributed by atoms with Crippen molar-refractivity contribution in [2.45, 2.75) is 13.8 Å². The van der Waals surface area contributed by atoms with E-state index in [4.69, 9.17) is 34.0 Å². The van der Waals surface area contributed by atoms with E-state index < -0.39 is 5.97 Å². The number of hydrogen-bond donors (Lipinski definition) is 2. The molecule has 0 atom stereocenters. The van der Waals surface area contributed by atoms with Crippen LogP contribution in [0.1, 0.15) is 21.2 Å². The number of thiophene rings is 1. The lowest BCUT2D eigenvalue weighted by atomic mass is 10.4. The monoisotopic (exact) mass is 319 g/mol. The Kier molecular flexibility index (Phi) is 5.53. The molecule has 0 saturated carbocycles. The zero-order valence-corrected chi connectivity index (χ0v) is 12.5. The van der Waals surface area contributed by atoms with Crippen LogP contribution in [0.25, 0.3) is 0 Å². The molecule has 0 fully saturated rings. The summed E-state index contributed by atoms with van der Waals surface area (Å²) in [5.41, 5.74) is 6.17. The number of rotatable bonds is 1. The van der Waals surface area contributed by atoms with Crippen molar-refractivity contribution in [3.8, 4) is 0 Å². The minimum Gasteiger partial charge on any atom is -0.477 e. The van der Waals surface area contributed by atoms with Gasteiger partial charge in [0, 0.05) is 0 Å². The van der Waals surface area contributed by atoms with Crippen molar-refractivity contribution in [3.05, 3.63) is 37.9 Å². The lowest BCUT2D eigenvalue weighted by molar-refractivity contribution is 0.0702. The van der Waals surface area contributed by atoms with E-state index in [0.717, 1.165) is 17.0 Å². The molecule has 102 valence electrons. The Labute approximate surface area is 124 Å². The quantitative estimate of drug-likeness (QED) is 0.840. The first-order chi connectivity index (χ1) is 8.81. The second-order valence-electron chi connectivity index (χ2n) is 3.46. The van der Waals surface area contributed by atoms with Gasteiger partial charge in [-0.05, 0) is 26.0 Å². The Morgan fingerprint density at radius 1 is 1.32 bits per heavy atom. The molecule has 19 heavy (non-hydrogen) atoms. The molecule has 5 nitrogen and oxygen atoms in total. The Morgan fingerprint density at radius 2 is 1.95 bits per heavy atom. The number of nitrogens with zero attached hydrogens (tertiary/aromatic N) is 2.